The number of aromatic nitrogens is 2. The summed E-state index contributed by atoms with van der Waals surface area (Å²) in [5, 5.41) is 0. The standard InChI is InChI=1S/C15H14BrFIN3/c16-10-5-9(6-11(17)7-10)15-20-13(8-3-1-2-4-8)12(18)14(19)21-15/h5-8H,1-4H2,(H2,19,20,21). The zero-order valence-corrected chi connectivity index (χ0v) is 15.0. The number of nitrogens with zero attached hydrogens (tertiary/aromatic N) is 2. The van der Waals surface area contributed by atoms with E-state index in [9.17, 15) is 4.39 Å². The first-order valence-electron chi connectivity index (χ1n) is 6.84. The lowest BCUT2D eigenvalue weighted by molar-refractivity contribution is 0.627. The van der Waals surface area contributed by atoms with Crippen molar-refractivity contribution in [1.29, 1.82) is 0 Å². The minimum atomic E-state index is -0.317. The zero-order chi connectivity index (χ0) is 15.0. The van der Waals surface area contributed by atoms with Crippen molar-refractivity contribution in [3.8, 4) is 11.4 Å². The lowest BCUT2D eigenvalue weighted by Crippen LogP contribution is -2.08. The van der Waals surface area contributed by atoms with E-state index >= 15 is 0 Å². The van der Waals surface area contributed by atoms with Crippen LogP contribution in [0.5, 0.6) is 0 Å². The molecule has 3 rings (SSSR count). The predicted octanol–water partition coefficient (Wildman–Crippen LogP) is 4.89. The number of anilines is 1. The molecule has 1 aromatic heterocycles. The average Bonchev–Trinajstić information content (AvgIpc) is 2.94. The van der Waals surface area contributed by atoms with E-state index in [2.05, 4.69) is 48.5 Å². The van der Waals surface area contributed by atoms with Crippen LogP contribution in [0.2, 0.25) is 0 Å². The third-order valence-corrected chi connectivity index (χ3v) is 5.33. The molecule has 0 aliphatic heterocycles. The van der Waals surface area contributed by atoms with Crippen LogP contribution in [0.4, 0.5) is 10.2 Å². The van der Waals surface area contributed by atoms with Gasteiger partial charge in [-0.25, -0.2) is 14.4 Å². The summed E-state index contributed by atoms with van der Waals surface area (Å²) in [7, 11) is 0. The minimum absolute atomic E-state index is 0.317. The smallest absolute Gasteiger partial charge is 0.161 e. The second-order valence-electron chi connectivity index (χ2n) is 5.27. The van der Waals surface area contributed by atoms with Gasteiger partial charge in [0.15, 0.2) is 5.82 Å². The van der Waals surface area contributed by atoms with Crippen molar-refractivity contribution >= 4 is 44.3 Å². The third kappa shape index (κ3) is 3.21. The summed E-state index contributed by atoms with van der Waals surface area (Å²) in [6.45, 7) is 0. The third-order valence-electron chi connectivity index (χ3n) is 3.77. The van der Waals surface area contributed by atoms with Crippen molar-refractivity contribution in [3.63, 3.8) is 0 Å². The average molecular weight is 462 g/mol. The van der Waals surface area contributed by atoms with Crippen LogP contribution < -0.4 is 5.73 Å². The van der Waals surface area contributed by atoms with Gasteiger partial charge in [0.1, 0.15) is 11.6 Å². The van der Waals surface area contributed by atoms with Gasteiger partial charge in [-0.2, -0.15) is 0 Å². The van der Waals surface area contributed by atoms with Gasteiger partial charge in [-0.05, 0) is 53.6 Å². The molecule has 1 fully saturated rings. The second kappa shape index (κ2) is 6.16. The molecule has 0 amide bonds. The molecule has 1 saturated carbocycles. The summed E-state index contributed by atoms with van der Waals surface area (Å²) in [6.07, 6.45) is 4.73. The Labute approximate surface area is 144 Å². The molecule has 2 N–H and O–H groups in total. The van der Waals surface area contributed by atoms with Gasteiger partial charge in [-0.1, -0.05) is 28.8 Å². The first kappa shape index (κ1) is 15.1. The van der Waals surface area contributed by atoms with Crippen LogP contribution in [0.15, 0.2) is 22.7 Å². The molecular weight excluding hydrogens is 448 g/mol. The summed E-state index contributed by atoms with van der Waals surface area (Å²) in [4.78, 5) is 9.01. The first-order chi connectivity index (χ1) is 10.0. The Hall–Kier alpha value is -0.760. The molecule has 6 heteroatoms. The molecule has 0 spiro atoms. The summed E-state index contributed by atoms with van der Waals surface area (Å²) in [5.74, 6) is 1.10. The Morgan fingerprint density at radius 1 is 1.19 bits per heavy atom. The van der Waals surface area contributed by atoms with Gasteiger partial charge in [0.25, 0.3) is 0 Å². The molecule has 0 saturated heterocycles. The summed E-state index contributed by atoms with van der Waals surface area (Å²) in [6, 6.07) is 4.66. The van der Waals surface area contributed by atoms with Crippen LogP contribution in [0.25, 0.3) is 11.4 Å². The predicted molar refractivity (Wildman–Crippen MR) is 93.5 cm³/mol. The Morgan fingerprint density at radius 3 is 2.57 bits per heavy atom. The maximum atomic E-state index is 13.6. The Morgan fingerprint density at radius 2 is 1.90 bits per heavy atom. The largest absolute Gasteiger partial charge is 0.383 e. The summed E-state index contributed by atoms with van der Waals surface area (Å²) < 4.78 is 15.2. The Kier molecular flexibility index (Phi) is 4.44. The Balaban J connectivity index is 2.10. The van der Waals surface area contributed by atoms with Crippen LogP contribution >= 0.6 is 38.5 Å². The first-order valence-corrected chi connectivity index (χ1v) is 8.71. The quantitative estimate of drug-likeness (QED) is 0.648. The van der Waals surface area contributed by atoms with Crippen LogP contribution in [0.1, 0.15) is 37.3 Å². The topological polar surface area (TPSA) is 51.8 Å². The van der Waals surface area contributed by atoms with Gasteiger partial charge in [0.05, 0.1) is 9.26 Å². The van der Waals surface area contributed by atoms with Gasteiger partial charge in [0, 0.05) is 16.0 Å². The minimum Gasteiger partial charge on any atom is -0.383 e. The number of halogens is 3. The number of hydrogen-bond acceptors (Lipinski definition) is 3. The highest BCUT2D eigenvalue weighted by atomic mass is 127. The molecule has 1 aliphatic carbocycles. The van der Waals surface area contributed by atoms with Crippen LogP contribution in [0, 0.1) is 9.39 Å². The second-order valence-corrected chi connectivity index (χ2v) is 7.27. The summed E-state index contributed by atoms with van der Waals surface area (Å²) in [5.41, 5.74) is 7.69. The van der Waals surface area contributed by atoms with E-state index in [0.717, 1.165) is 22.1 Å². The molecule has 110 valence electrons. The fraction of sp³-hybridized carbons (Fsp3) is 0.333. The fourth-order valence-corrected chi connectivity index (χ4v) is 3.91. The van der Waals surface area contributed by atoms with Crippen LogP contribution in [-0.4, -0.2) is 9.97 Å². The zero-order valence-electron chi connectivity index (χ0n) is 11.2. The van der Waals surface area contributed by atoms with Crippen molar-refractivity contribution in [1.82, 2.24) is 9.97 Å². The highest BCUT2D eigenvalue weighted by Crippen LogP contribution is 2.37. The van der Waals surface area contributed by atoms with E-state index in [1.54, 1.807) is 0 Å². The van der Waals surface area contributed by atoms with Crippen molar-refractivity contribution in [2.45, 2.75) is 31.6 Å². The SMILES string of the molecule is Nc1nc(-c2cc(F)cc(Br)c2)nc(C2CCCC2)c1I. The van der Waals surface area contributed by atoms with Gasteiger partial charge < -0.3 is 5.73 Å². The molecule has 0 bridgehead atoms. The number of nitrogens with two attached hydrogens (primary N) is 1. The Bertz CT molecular complexity index is 667. The highest BCUT2D eigenvalue weighted by molar-refractivity contribution is 14.1. The molecule has 21 heavy (non-hydrogen) atoms. The van der Waals surface area contributed by atoms with Crippen molar-refractivity contribution in [2.24, 2.45) is 0 Å². The van der Waals surface area contributed by atoms with Crippen molar-refractivity contribution in [3.05, 3.63) is 37.8 Å². The maximum Gasteiger partial charge on any atom is 0.161 e. The van der Waals surface area contributed by atoms with E-state index in [-0.39, 0.29) is 5.82 Å². The van der Waals surface area contributed by atoms with Gasteiger partial charge in [-0.3, -0.25) is 0 Å². The highest BCUT2D eigenvalue weighted by Gasteiger charge is 2.23. The van der Waals surface area contributed by atoms with E-state index < -0.39 is 0 Å². The lowest BCUT2D eigenvalue weighted by Gasteiger charge is -2.14. The number of benzene rings is 1. The molecule has 0 atom stereocenters. The number of nitrogen functional groups attached to an aromatic ring is 1. The van der Waals surface area contributed by atoms with Crippen molar-refractivity contribution < 1.29 is 4.39 Å². The number of rotatable bonds is 2. The van der Waals surface area contributed by atoms with Crippen molar-refractivity contribution in [2.75, 3.05) is 5.73 Å². The lowest BCUT2D eigenvalue weighted by atomic mass is 10.0. The van der Waals surface area contributed by atoms with Gasteiger partial charge in [0.2, 0.25) is 0 Å². The molecule has 1 heterocycles. The number of hydrogen-bond donors (Lipinski definition) is 1. The van der Waals surface area contributed by atoms with Crippen LogP contribution in [-0.2, 0) is 0 Å². The van der Waals surface area contributed by atoms with E-state index in [1.165, 1.54) is 25.0 Å². The molecule has 3 nitrogen and oxygen atoms in total. The molecule has 0 unspecified atom stereocenters. The van der Waals surface area contributed by atoms with Gasteiger partial charge in [-0.15, -0.1) is 0 Å². The molecule has 1 aliphatic rings. The fourth-order valence-electron chi connectivity index (χ4n) is 2.76. The molecule has 2 aromatic rings. The molecule has 0 radical (unpaired) electrons. The maximum absolute atomic E-state index is 13.6. The monoisotopic (exact) mass is 461 g/mol. The normalized spacial score (nSPS) is 15.6. The molecule has 1 aromatic carbocycles. The van der Waals surface area contributed by atoms with E-state index in [0.29, 0.717) is 27.6 Å². The van der Waals surface area contributed by atoms with Gasteiger partial charge >= 0.3 is 0 Å². The summed E-state index contributed by atoms with van der Waals surface area (Å²) >= 11 is 5.51. The van der Waals surface area contributed by atoms with E-state index in [4.69, 9.17) is 5.73 Å². The van der Waals surface area contributed by atoms with Crippen LogP contribution in [0.3, 0.4) is 0 Å². The van der Waals surface area contributed by atoms with E-state index in [1.807, 2.05) is 6.07 Å². The molecular formula is C15H14BrFIN3.